The highest BCUT2D eigenvalue weighted by atomic mass is 32.2. The summed E-state index contributed by atoms with van der Waals surface area (Å²) in [6.07, 6.45) is 0.536. The first-order chi connectivity index (χ1) is 10.2. The van der Waals surface area contributed by atoms with Crippen LogP contribution in [0.3, 0.4) is 0 Å². The molecule has 1 heterocycles. The predicted octanol–water partition coefficient (Wildman–Crippen LogP) is 1.75. The third kappa shape index (κ3) is 3.02. The van der Waals surface area contributed by atoms with E-state index in [1.807, 2.05) is 20.8 Å². The van der Waals surface area contributed by atoms with Gasteiger partial charge in [-0.25, -0.2) is 13.2 Å². The highest BCUT2D eigenvalue weighted by Crippen LogP contribution is 2.31. The third-order valence-corrected chi connectivity index (χ3v) is 5.63. The lowest BCUT2D eigenvalue weighted by atomic mass is 10.0. The molecule has 1 aliphatic heterocycles. The molecule has 1 aromatic rings. The molecule has 1 aliphatic rings. The van der Waals surface area contributed by atoms with E-state index in [0.29, 0.717) is 18.6 Å². The molecule has 122 valence electrons. The zero-order valence-electron chi connectivity index (χ0n) is 13.0. The van der Waals surface area contributed by atoms with Gasteiger partial charge in [0.1, 0.15) is 0 Å². The van der Waals surface area contributed by atoms with Gasteiger partial charge in [-0.05, 0) is 38.0 Å². The van der Waals surface area contributed by atoms with E-state index in [0.717, 1.165) is 0 Å². The average Bonchev–Trinajstić information content (AvgIpc) is 2.43. The molecule has 1 aromatic carbocycles. The fourth-order valence-electron chi connectivity index (χ4n) is 2.68. The van der Waals surface area contributed by atoms with Crippen LogP contribution in [0.4, 0.5) is 0 Å². The summed E-state index contributed by atoms with van der Waals surface area (Å²) in [5.41, 5.74) is 0.201. The molecular weight excluding hydrogens is 306 g/mol. The van der Waals surface area contributed by atoms with E-state index in [4.69, 9.17) is 4.74 Å². The molecule has 22 heavy (non-hydrogen) atoms. The Morgan fingerprint density at radius 3 is 2.50 bits per heavy atom. The van der Waals surface area contributed by atoms with Gasteiger partial charge in [0, 0.05) is 19.7 Å². The van der Waals surface area contributed by atoms with Gasteiger partial charge < -0.3 is 9.84 Å². The number of sulfonamides is 1. The van der Waals surface area contributed by atoms with Crippen molar-refractivity contribution in [2.45, 2.75) is 37.7 Å². The maximum absolute atomic E-state index is 12.6. The van der Waals surface area contributed by atoms with Crippen molar-refractivity contribution in [1.29, 1.82) is 0 Å². The van der Waals surface area contributed by atoms with Crippen LogP contribution in [-0.4, -0.2) is 49.1 Å². The highest BCUT2D eigenvalue weighted by Gasteiger charge is 2.46. The Balaban J connectivity index is 2.28. The smallest absolute Gasteiger partial charge is 0.336 e. The molecular formula is C15H21NO5S. The third-order valence-electron chi connectivity index (χ3n) is 3.84. The van der Waals surface area contributed by atoms with Gasteiger partial charge in [0.25, 0.3) is 0 Å². The van der Waals surface area contributed by atoms with Gasteiger partial charge in [0.2, 0.25) is 10.0 Å². The molecule has 0 spiro atoms. The summed E-state index contributed by atoms with van der Waals surface area (Å²) >= 11 is 0. The van der Waals surface area contributed by atoms with E-state index in [9.17, 15) is 18.3 Å². The van der Waals surface area contributed by atoms with Crippen LogP contribution in [0, 0.1) is 0 Å². The van der Waals surface area contributed by atoms with Crippen LogP contribution in [0.2, 0.25) is 0 Å². The van der Waals surface area contributed by atoms with Crippen molar-refractivity contribution in [3.63, 3.8) is 0 Å². The zero-order chi connectivity index (χ0) is 16.5. The lowest BCUT2D eigenvalue weighted by Crippen LogP contribution is -2.62. The van der Waals surface area contributed by atoms with E-state index >= 15 is 0 Å². The SMILES string of the molecule is CCOC1(C)CN(S(=O)(=O)c2ccc(CC)c(C(=O)O)c2)C1. The van der Waals surface area contributed by atoms with Crippen LogP contribution in [0.15, 0.2) is 23.1 Å². The molecule has 0 unspecified atom stereocenters. The van der Waals surface area contributed by atoms with Crippen LogP contribution in [0.5, 0.6) is 0 Å². The number of ether oxygens (including phenoxy) is 1. The van der Waals surface area contributed by atoms with Crippen molar-refractivity contribution in [3.05, 3.63) is 29.3 Å². The van der Waals surface area contributed by atoms with Gasteiger partial charge in [-0.2, -0.15) is 4.31 Å². The summed E-state index contributed by atoms with van der Waals surface area (Å²) in [7, 11) is -3.68. The fraction of sp³-hybridized carbons (Fsp3) is 0.533. The lowest BCUT2D eigenvalue weighted by Gasteiger charge is -2.46. The Hall–Kier alpha value is -1.44. The van der Waals surface area contributed by atoms with Crippen LogP contribution < -0.4 is 0 Å². The highest BCUT2D eigenvalue weighted by molar-refractivity contribution is 7.89. The zero-order valence-corrected chi connectivity index (χ0v) is 13.8. The number of nitrogens with zero attached hydrogens (tertiary/aromatic N) is 1. The molecule has 0 saturated carbocycles. The van der Waals surface area contributed by atoms with E-state index in [-0.39, 0.29) is 23.5 Å². The number of carbonyl (C=O) groups is 1. The first-order valence-electron chi connectivity index (χ1n) is 7.24. The normalized spacial score (nSPS) is 18.0. The first-order valence-corrected chi connectivity index (χ1v) is 8.68. The van der Waals surface area contributed by atoms with Gasteiger partial charge in [-0.15, -0.1) is 0 Å². The van der Waals surface area contributed by atoms with Crippen LogP contribution in [-0.2, 0) is 21.2 Å². The quantitative estimate of drug-likeness (QED) is 0.860. The molecule has 0 aromatic heterocycles. The molecule has 1 N–H and O–H groups in total. The van der Waals surface area contributed by atoms with Crippen molar-refractivity contribution in [2.75, 3.05) is 19.7 Å². The predicted molar refractivity (Wildman–Crippen MR) is 81.6 cm³/mol. The maximum atomic E-state index is 12.6. The molecule has 0 amide bonds. The minimum Gasteiger partial charge on any atom is -0.478 e. The van der Waals surface area contributed by atoms with Crippen molar-refractivity contribution < 1.29 is 23.1 Å². The van der Waals surface area contributed by atoms with Crippen LogP contribution in [0.25, 0.3) is 0 Å². The summed E-state index contributed by atoms with van der Waals surface area (Å²) in [6.45, 7) is 6.65. The number of aromatic carboxylic acids is 1. The second-order valence-electron chi connectivity index (χ2n) is 5.63. The summed E-state index contributed by atoms with van der Waals surface area (Å²) < 4.78 is 32.0. The number of benzene rings is 1. The van der Waals surface area contributed by atoms with Crippen LogP contribution in [0.1, 0.15) is 36.7 Å². The number of hydrogen-bond donors (Lipinski definition) is 1. The Labute approximate surface area is 130 Å². The molecule has 1 saturated heterocycles. The molecule has 0 radical (unpaired) electrons. The standard InChI is InChI=1S/C15H21NO5S/c1-4-11-6-7-12(8-13(11)14(17)18)22(19,20)16-9-15(3,10-16)21-5-2/h6-8H,4-5,9-10H2,1-3H3,(H,17,18). The van der Waals surface area contributed by atoms with E-state index in [2.05, 4.69) is 0 Å². The minimum atomic E-state index is -3.68. The Kier molecular flexibility index (Phi) is 4.60. The number of carboxylic acids is 1. The van der Waals surface area contributed by atoms with E-state index in [1.165, 1.54) is 16.4 Å². The lowest BCUT2D eigenvalue weighted by molar-refractivity contribution is -0.0979. The number of carboxylic acid groups (broad SMARTS) is 1. The molecule has 6 nitrogen and oxygen atoms in total. The molecule has 1 fully saturated rings. The van der Waals surface area contributed by atoms with Crippen LogP contribution >= 0.6 is 0 Å². The Morgan fingerprint density at radius 1 is 1.36 bits per heavy atom. The van der Waals surface area contributed by atoms with Gasteiger partial charge in [-0.3, -0.25) is 0 Å². The molecule has 2 rings (SSSR count). The van der Waals surface area contributed by atoms with Gasteiger partial charge in [0.15, 0.2) is 0 Å². The second kappa shape index (κ2) is 5.98. The monoisotopic (exact) mass is 327 g/mol. The van der Waals surface area contributed by atoms with Gasteiger partial charge in [0.05, 0.1) is 16.1 Å². The number of hydrogen-bond acceptors (Lipinski definition) is 4. The first kappa shape index (κ1) is 16.9. The van der Waals surface area contributed by atoms with Crippen molar-refractivity contribution >= 4 is 16.0 Å². The largest absolute Gasteiger partial charge is 0.478 e. The summed E-state index contributed by atoms with van der Waals surface area (Å²) in [6, 6.07) is 4.28. The topological polar surface area (TPSA) is 83.9 Å². The van der Waals surface area contributed by atoms with Crippen molar-refractivity contribution in [3.8, 4) is 0 Å². The van der Waals surface area contributed by atoms with Crippen molar-refractivity contribution in [1.82, 2.24) is 4.31 Å². The van der Waals surface area contributed by atoms with Crippen molar-refractivity contribution in [2.24, 2.45) is 0 Å². The van der Waals surface area contributed by atoms with Gasteiger partial charge in [-0.1, -0.05) is 13.0 Å². The minimum absolute atomic E-state index is 0.0145. The van der Waals surface area contributed by atoms with E-state index < -0.39 is 21.6 Å². The Morgan fingerprint density at radius 2 is 2.00 bits per heavy atom. The molecule has 7 heteroatoms. The maximum Gasteiger partial charge on any atom is 0.336 e. The summed E-state index contributed by atoms with van der Waals surface area (Å²) in [5, 5.41) is 9.22. The van der Waals surface area contributed by atoms with E-state index in [1.54, 1.807) is 6.07 Å². The summed E-state index contributed by atoms with van der Waals surface area (Å²) in [4.78, 5) is 11.3. The molecule has 0 atom stereocenters. The summed E-state index contributed by atoms with van der Waals surface area (Å²) in [5.74, 6) is -1.11. The van der Waals surface area contributed by atoms with Gasteiger partial charge >= 0.3 is 5.97 Å². The molecule has 0 aliphatic carbocycles. The Bertz CT molecular complexity index is 677. The molecule has 0 bridgehead atoms. The number of rotatable bonds is 6. The second-order valence-corrected chi connectivity index (χ2v) is 7.57. The average molecular weight is 327 g/mol. The number of aryl methyl sites for hydroxylation is 1. The fourth-order valence-corrected chi connectivity index (χ4v) is 4.37.